The molecular formula is C21H19F3N2O2. The van der Waals surface area contributed by atoms with Gasteiger partial charge in [0.1, 0.15) is 5.82 Å². The zero-order valence-corrected chi connectivity index (χ0v) is 15.0. The van der Waals surface area contributed by atoms with Crippen LogP contribution in [0.25, 0.3) is 5.57 Å². The minimum atomic E-state index is -4.41. The van der Waals surface area contributed by atoms with Gasteiger partial charge in [0.05, 0.1) is 5.56 Å². The second kappa shape index (κ2) is 8.29. The number of carbonyl (C=O) groups is 1. The van der Waals surface area contributed by atoms with Gasteiger partial charge in [-0.05, 0) is 53.8 Å². The van der Waals surface area contributed by atoms with Crippen LogP contribution in [-0.2, 0) is 11.0 Å². The van der Waals surface area contributed by atoms with E-state index in [1.165, 1.54) is 18.2 Å². The Morgan fingerprint density at radius 1 is 1.07 bits per heavy atom. The third-order valence-electron chi connectivity index (χ3n) is 4.51. The number of allylic oxidation sites excluding steroid dienone is 2. The number of carboxylic acids is 1. The molecule has 0 spiro atoms. The number of alkyl halides is 3. The lowest BCUT2D eigenvalue weighted by Crippen LogP contribution is -2.18. The van der Waals surface area contributed by atoms with E-state index < -0.39 is 17.7 Å². The van der Waals surface area contributed by atoms with E-state index in [2.05, 4.69) is 9.88 Å². The van der Waals surface area contributed by atoms with Gasteiger partial charge in [0, 0.05) is 25.4 Å². The Kier molecular flexibility index (Phi) is 5.82. The molecule has 1 saturated heterocycles. The Hall–Kier alpha value is -3.09. The topological polar surface area (TPSA) is 53.4 Å². The Morgan fingerprint density at radius 2 is 1.75 bits per heavy atom. The quantitative estimate of drug-likeness (QED) is 0.592. The average molecular weight is 388 g/mol. The summed E-state index contributed by atoms with van der Waals surface area (Å²) in [7, 11) is 0. The molecule has 146 valence electrons. The van der Waals surface area contributed by atoms with E-state index in [0.717, 1.165) is 55.5 Å². The van der Waals surface area contributed by atoms with Gasteiger partial charge < -0.3 is 10.0 Å². The van der Waals surface area contributed by atoms with Crippen LogP contribution in [0.4, 0.5) is 19.0 Å². The van der Waals surface area contributed by atoms with Gasteiger partial charge in [-0.3, -0.25) is 0 Å². The zero-order valence-electron chi connectivity index (χ0n) is 15.0. The highest BCUT2D eigenvalue weighted by atomic mass is 19.4. The van der Waals surface area contributed by atoms with E-state index in [1.54, 1.807) is 18.3 Å². The first-order valence-electron chi connectivity index (χ1n) is 8.85. The second-order valence-corrected chi connectivity index (χ2v) is 6.45. The second-order valence-electron chi connectivity index (χ2n) is 6.45. The summed E-state index contributed by atoms with van der Waals surface area (Å²) in [5.74, 6) is -0.300. The zero-order chi connectivity index (χ0) is 20.1. The molecule has 0 unspecified atom stereocenters. The molecule has 1 aliphatic rings. The summed E-state index contributed by atoms with van der Waals surface area (Å²) in [4.78, 5) is 17.3. The molecule has 0 bridgehead atoms. The maximum absolute atomic E-state index is 12.9. The van der Waals surface area contributed by atoms with Crippen molar-refractivity contribution in [3.63, 3.8) is 0 Å². The van der Waals surface area contributed by atoms with E-state index >= 15 is 0 Å². The highest BCUT2D eigenvalue weighted by molar-refractivity contribution is 5.84. The van der Waals surface area contributed by atoms with Crippen molar-refractivity contribution < 1.29 is 23.1 Å². The van der Waals surface area contributed by atoms with E-state index in [-0.39, 0.29) is 0 Å². The average Bonchev–Trinajstić information content (AvgIpc) is 3.19. The van der Waals surface area contributed by atoms with Gasteiger partial charge in [-0.25, -0.2) is 9.78 Å². The van der Waals surface area contributed by atoms with Gasteiger partial charge in [0.25, 0.3) is 0 Å². The number of anilines is 1. The summed E-state index contributed by atoms with van der Waals surface area (Å²) in [5, 5.41) is 8.82. The molecule has 0 aliphatic carbocycles. The van der Waals surface area contributed by atoms with Gasteiger partial charge in [-0.15, -0.1) is 0 Å². The smallest absolute Gasteiger partial charge is 0.416 e. The van der Waals surface area contributed by atoms with E-state index in [1.807, 2.05) is 6.07 Å². The van der Waals surface area contributed by atoms with Gasteiger partial charge in [-0.1, -0.05) is 24.3 Å². The molecule has 1 aliphatic heterocycles. The number of rotatable bonds is 5. The monoisotopic (exact) mass is 388 g/mol. The number of aromatic nitrogens is 1. The number of halogens is 3. The maximum Gasteiger partial charge on any atom is 0.416 e. The Morgan fingerprint density at radius 3 is 2.36 bits per heavy atom. The number of nitrogens with zero attached hydrogens (tertiary/aromatic N) is 2. The lowest BCUT2D eigenvalue weighted by Gasteiger charge is -2.18. The van der Waals surface area contributed by atoms with Gasteiger partial charge >= 0.3 is 12.1 Å². The third kappa shape index (κ3) is 4.79. The van der Waals surface area contributed by atoms with E-state index in [4.69, 9.17) is 5.11 Å². The normalized spacial score (nSPS) is 15.4. The SMILES string of the molecule is O=C(O)C=CC=C(c1ccc(C(F)(F)F)cc1)c1ccnc(N2CCCC2)c1. The van der Waals surface area contributed by atoms with Crippen LogP contribution < -0.4 is 4.90 Å². The van der Waals surface area contributed by atoms with Crippen molar-refractivity contribution in [2.24, 2.45) is 0 Å². The molecule has 1 fully saturated rings. The Bertz CT molecular complexity index is 897. The van der Waals surface area contributed by atoms with Crippen LogP contribution in [0.2, 0.25) is 0 Å². The number of benzene rings is 1. The summed E-state index contributed by atoms with van der Waals surface area (Å²) < 4.78 is 38.6. The van der Waals surface area contributed by atoms with Crippen LogP contribution in [-0.4, -0.2) is 29.1 Å². The van der Waals surface area contributed by atoms with Gasteiger partial charge in [0.2, 0.25) is 0 Å². The van der Waals surface area contributed by atoms with Gasteiger partial charge in [-0.2, -0.15) is 13.2 Å². The molecule has 4 nitrogen and oxygen atoms in total. The molecule has 1 aromatic carbocycles. The van der Waals surface area contributed by atoms with Crippen molar-refractivity contribution in [3.05, 3.63) is 77.5 Å². The lowest BCUT2D eigenvalue weighted by atomic mass is 9.97. The fourth-order valence-electron chi connectivity index (χ4n) is 3.13. The van der Waals surface area contributed by atoms with Crippen LogP contribution in [0.1, 0.15) is 29.5 Å². The minimum absolute atomic E-state index is 0.557. The highest BCUT2D eigenvalue weighted by Crippen LogP contribution is 2.32. The molecule has 2 heterocycles. The maximum atomic E-state index is 12.9. The molecule has 1 aromatic heterocycles. The van der Waals surface area contributed by atoms with Crippen molar-refractivity contribution in [2.45, 2.75) is 19.0 Å². The summed E-state index contributed by atoms with van der Waals surface area (Å²) in [6.07, 6.45) is 3.36. The van der Waals surface area contributed by atoms with Crippen LogP contribution in [0.15, 0.2) is 60.8 Å². The first kappa shape index (κ1) is 19.7. The van der Waals surface area contributed by atoms with Crippen LogP contribution in [0, 0.1) is 0 Å². The Labute approximate surface area is 160 Å². The molecule has 0 amide bonds. The summed E-state index contributed by atoms with van der Waals surface area (Å²) in [6.45, 7) is 1.82. The van der Waals surface area contributed by atoms with Crippen LogP contribution in [0.5, 0.6) is 0 Å². The molecule has 7 heteroatoms. The predicted molar refractivity (Wildman–Crippen MR) is 101 cm³/mol. The van der Waals surface area contributed by atoms with E-state index in [9.17, 15) is 18.0 Å². The molecule has 1 N–H and O–H groups in total. The predicted octanol–water partition coefficient (Wildman–Crippen LogP) is 4.77. The van der Waals surface area contributed by atoms with Crippen LogP contribution in [0.3, 0.4) is 0 Å². The molecular weight excluding hydrogens is 369 g/mol. The van der Waals surface area contributed by atoms with E-state index in [0.29, 0.717) is 11.1 Å². The van der Waals surface area contributed by atoms with Crippen LogP contribution >= 0.6 is 0 Å². The molecule has 0 radical (unpaired) electrons. The molecule has 0 atom stereocenters. The summed E-state index contributed by atoms with van der Waals surface area (Å²) >= 11 is 0. The molecule has 3 rings (SSSR count). The van der Waals surface area contributed by atoms with Crippen molar-refractivity contribution in [2.75, 3.05) is 18.0 Å². The number of hydrogen-bond donors (Lipinski definition) is 1. The standard InChI is InChI=1S/C21H19F3N2O2/c22-21(23,24)17-8-6-15(7-9-17)18(4-3-5-20(27)28)16-10-11-25-19(14-16)26-12-1-2-13-26/h3-11,14H,1-2,12-13H2,(H,27,28). The van der Waals surface area contributed by atoms with Crippen molar-refractivity contribution in [3.8, 4) is 0 Å². The third-order valence-corrected chi connectivity index (χ3v) is 4.51. The number of pyridine rings is 1. The lowest BCUT2D eigenvalue weighted by molar-refractivity contribution is -0.137. The minimum Gasteiger partial charge on any atom is -0.478 e. The molecule has 0 saturated carbocycles. The molecule has 28 heavy (non-hydrogen) atoms. The Balaban J connectivity index is 2.00. The number of aliphatic carboxylic acids is 1. The summed E-state index contributed by atoms with van der Waals surface area (Å²) in [6, 6.07) is 8.46. The van der Waals surface area contributed by atoms with Gasteiger partial charge in [0.15, 0.2) is 0 Å². The van der Waals surface area contributed by atoms with Crippen molar-refractivity contribution >= 4 is 17.4 Å². The number of hydrogen-bond acceptors (Lipinski definition) is 3. The fraction of sp³-hybridized carbons (Fsp3) is 0.238. The number of carboxylic acid groups (broad SMARTS) is 1. The first-order valence-corrected chi connectivity index (χ1v) is 8.85. The molecule has 2 aromatic rings. The van der Waals surface area contributed by atoms with Crippen molar-refractivity contribution in [1.82, 2.24) is 4.98 Å². The highest BCUT2D eigenvalue weighted by Gasteiger charge is 2.30. The largest absolute Gasteiger partial charge is 0.478 e. The fourth-order valence-corrected chi connectivity index (χ4v) is 3.13. The first-order chi connectivity index (χ1) is 13.3. The van der Waals surface area contributed by atoms with Crippen molar-refractivity contribution in [1.29, 1.82) is 0 Å². The summed E-state index contributed by atoms with van der Waals surface area (Å²) in [5.41, 5.74) is 1.20.